The summed E-state index contributed by atoms with van der Waals surface area (Å²) in [6, 6.07) is 10.2. The Morgan fingerprint density at radius 2 is 1.97 bits per heavy atom. The Morgan fingerprint density at radius 3 is 2.69 bits per heavy atom. The van der Waals surface area contributed by atoms with Crippen molar-refractivity contribution in [1.29, 1.82) is 0 Å². The summed E-state index contributed by atoms with van der Waals surface area (Å²) in [5, 5.41) is 2.83. The lowest BCUT2D eigenvalue weighted by Gasteiger charge is -2.34. The Balaban J connectivity index is 1.35. The fourth-order valence-corrected chi connectivity index (χ4v) is 4.33. The minimum atomic E-state index is -0.868. The number of pyridine rings is 1. The molecule has 1 saturated heterocycles. The fourth-order valence-electron chi connectivity index (χ4n) is 4.33. The fraction of sp³-hybridized carbons (Fsp3) is 0.417. The van der Waals surface area contributed by atoms with E-state index < -0.39 is 24.1 Å². The van der Waals surface area contributed by atoms with Crippen LogP contribution in [0.3, 0.4) is 0 Å². The molecule has 168 valence electrons. The number of carbonyl (C=O) groups excluding carboxylic acids is 3. The maximum absolute atomic E-state index is 13.0. The largest absolute Gasteiger partial charge is 0.459 e. The first-order valence-corrected chi connectivity index (χ1v) is 11.0. The average Bonchev–Trinajstić information content (AvgIpc) is 3.03. The van der Waals surface area contributed by atoms with E-state index in [9.17, 15) is 14.4 Å². The van der Waals surface area contributed by atoms with Crippen LogP contribution in [-0.2, 0) is 20.9 Å². The number of esters is 1. The molecule has 2 aromatic rings. The van der Waals surface area contributed by atoms with E-state index in [-0.39, 0.29) is 12.5 Å². The van der Waals surface area contributed by atoms with E-state index in [1.54, 1.807) is 36.7 Å². The molecule has 1 spiro atoms. The molecule has 0 unspecified atom stereocenters. The van der Waals surface area contributed by atoms with Gasteiger partial charge in [0.25, 0.3) is 5.91 Å². The summed E-state index contributed by atoms with van der Waals surface area (Å²) in [7, 11) is 0. The van der Waals surface area contributed by atoms with E-state index in [0.717, 1.165) is 24.2 Å². The molecule has 4 rings (SSSR count). The van der Waals surface area contributed by atoms with Crippen molar-refractivity contribution >= 4 is 17.9 Å². The minimum absolute atomic E-state index is 0.0394. The van der Waals surface area contributed by atoms with Crippen molar-refractivity contribution in [2.45, 2.75) is 51.2 Å². The number of para-hydroxylation sites is 1. The second-order valence-electron chi connectivity index (χ2n) is 8.31. The van der Waals surface area contributed by atoms with E-state index in [0.29, 0.717) is 35.8 Å². The summed E-state index contributed by atoms with van der Waals surface area (Å²) < 4.78 is 11.2. The number of amides is 3. The number of imide groups is 1. The topological polar surface area (TPSA) is 97.8 Å². The zero-order valence-corrected chi connectivity index (χ0v) is 18.1. The predicted molar refractivity (Wildman–Crippen MR) is 116 cm³/mol. The van der Waals surface area contributed by atoms with Crippen molar-refractivity contribution in [3.63, 3.8) is 0 Å². The summed E-state index contributed by atoms with van der Waals surface area (Å²) in [5.74, 6) is 0.709. The van der Waals surface area contributed by atoms with E-state index >= 15 is 0 Å². The Morgan fingerprint density at radius 1 is 1.19 bits per heavy atom. The molecule has 1 N–H and O–H groups in total. The maximum atomic E-state index is 13.0. The van der Waals surface area contributed by atoms with E-state index in [1.807, 2.05) is 12.1 Å². The molecular weight excluding hydrogens is 410 g/mol. The van der Waals surface area contributed by atoms with Gasteiger partial charge in [-0.3, -0.25) is 19.5 Å². The zero-order valence-electron chi connectivity index (χ0n) is 18.1. The van der Waals surface area contributed by atoms with Crippen molar-refractivity contribution in [2.24, 2.45) is 5.92 Å². The van der Waals surface area contributed by atoms with Gasteiger partial charge in [-0.2, -0.15) is 0 Å². The van der Waals surface area contributed by atoms with Crippen LogP contribution in [0.1, 0.15) is 44.6 Å². The highest BCUT2D eigenvalue weighted by Crippen LogP contribution is 2.37. The second kappa shape index (κ2) is 9.38. The molecule has 2 fully saturated rings. The van der Waals surface area contributed by atoms with Crippen LogP contribution >= 0.6 is 0 Å². The second-order valence-corrected chi connectivity index (χ2v) is 8.31. The minimum Gasteiger partial charge on any atom is -0.459 e. The Bertz CT molecular complexity index is 986. The summed E-state index contributed by atoms with van der Waals surface area (Å²) >= 11 is 0. The van der Waals surface area contributed by atoms with Gasteiger partial charge < -0.3 is 14.8 Å². The van der Waals surface area contributed by atoms with Crippen LogP contribution in [0, 0.1) is 5.92 Å². The van der Waals surface area contributed by atoms with Crippen LogP contribution in [0.4, 0.5) is 4.79 Å². The van der Waals surface area contributed by atoms with E-state index in [4.69, 9.17) is 9.47 Å². The van der Waals surface area contributed by atoms with Gasteiger partial charge in [-0.05, 0) is 49.8 Å². The predicted octanol–water partition coefficient (Wildman–Crippen LogP) is 3.81. The lowest BCUT2D eigenvalue weighted by Crippen LogP contribution is -2.49. The third-order valence-corrected chi connectivity index (χ3v) is 6.29. The van der Waals surface area contributed by atoms with Crippen molar-refractivity contribution in [2.75, 3.05) is 6.54 Å². The number of aromatic nitrogens is 1. The molecule has 1 aliphatic heterocycles. The Hall–Kier alpha value is -3.42. The molecule has 1 saturated carbocycles. The van der Waals surface area contributed by atoms with Crippen molar-refractivity contribution in [3.8, 4) is 11.5 Å². The molecule has 1 aromatic heterocycles. The van der Waals surface area contributed by atoms with E-state index in [1.165, 1.54) is 0 Å². The smallest absolute Gasteiger partial charge is 0.326 e. The molecule has 32 heavy (non-hydrogen) atoms. The molecule has 0 atom stereocenters. The van der Waals surface area contributed by atoms with Crippen LogP contribution in [0.5, 0.6) is 11.5 Å². The highest BCUT2D eigenvalue weighted by Gasteiger charge is 2.52. The molecule has 2 heterocycles. The van der Waals surface area contributed by atoms with Crippen LogP contribution in [0.25, 0.3) is 0 Å². The van der Waals surface area contributed by atoms with E-state index in [2.05, 4.69) is 17.2 Å². The first kappa shape index (κ1) is 21.8. The van der Waals surface area contributed by atoms with Gasteiger partial charge in [-0.1, -0.05) is 31.5 Å². The molecule has 1 aromatic carbocycles. The molecule has 1 aliphatic carbocycles. The van der Waals surface area contributed by atoms with Gasteiger partial charge in [0.2, 0.25) is 0 Å². The number of benzene rings is 1. The molecule has 8 heteroatoms. The highest BCUT2D eigenvalue weighted by molar-refractivity contribution is 6.08. The van der Waals surface area contributed by atoms with Crippen molar-refractivity contribution in [1.82, 2.24) is 15.2 Å². The monoisotopic (exact) mass is 437 g/mol. The Kier molecular flexibility index (Phi) is 6.39. The number of rotatable bonds is 7. The van der Waals surface area contributed by atoms with Crippen LogP contribution in [0.2, 0.25) is 0 Å². The lowest BCUT2D eigenvalue weighted by atomic mass is 9.75. The molecule has 2 aliphatic rings. The molecule has 3 amide bonds. The summed E-state index contributed by atoms with van der Waals surface area (Å²) in [4.78, 5) is 42.9. The average molecular weight is 437 g/mol. The number of hydrogen-bond donors (Lipinski definition) is 1. The summed E-state index contributed by atoms with van der Waals surface area (Å²) in [6.45, 7) is 1.69. The molecular formula is C24H27N3O5. The number of nitrogens with zero attached hydrogens (tertiary/aromatic N) is 2. The van der Waals surface area contributed by atoms with Gasteiger partial charge in [0.1, 0.15) is 30.2 Å². The van der Waals surface area contributed by atoms with Gasteiger partial charge in [0.05, 0.1) is 6.20 Å². The van der Waals surface area contributed by atoms with Crippen molar-refractivity contribution in [3.05, 3.63) is 54.4 Å². The first-order valence-electron chi connectivity index (χ1n) is 11.0. The van der Waals surface area contributed by atoms with Crippen LogP contribution in [0.15, 0.2) is 48.8 Å². The van der Waals surface area contributed by atoms with Gasteiger partial charge in [-0.15, -0.1) is 0 Å². The number of urea groups is 1. The number of carbonyl (C=O) groups is 3. The standard InChI is InChI=1S/C24H27N3O5/c1-2-17-9-11-24(12-10-17)22(29)27(23(30)26-24)15-21(28)31-16-18-6-3-4-8-20(18)32-19-7-5-13-25-14-19/h3-8,13-14,17H,2,9-12,15-16H2,1H3,(H,26,30). The molecule has 8 nitrogen and oxygen atoms in total. The molecule has 0 bridgehead atoms. The quantitative estimate of drug-likeness (QED) is 0.523. The first-order chi connectivity index (χ1) is 15.5. The number of nitrogens with one attached hydrogen (secondary N) is 1. The lowest BCUT2D eigenvalue weighted by molar-refractivity contribution is -0.149. The van der Waals surface area contributed by atoms with Gasteiger partial charge in [0.15, 0.2) is 0 Å². The van der Waals surface area contributed by atoms with Crippen molar-refractivity contribution < 1.29 is 23.9 Å². The molecule has 0 radical (unpaired) electrons. The van der Waals surface area contributed by atoms with Gasteiger partial charge in [-0.25, -0.2) is 4.79 Å². The number of hydrogen-bond acceptors (Lipinski definition) is 6. The van der Waals surface area contributed by atoms with Gasteiger partial charge in [0, 0.05) is 11.8 Å². The number of ether oxygens (including phenoxy) is 2. The van der Waals surface area contributed by atoms with Gasteiger partial charge >= 0.3 is 12.0 Å². The SMILES string of the molecule is CCC1CCC2(CC1)NC(=O)N(CC(=O)OCc1ccccc1Oc1cccnc1)C2=O. The Labute approximate surface area is 186 Å². The third kappa shape index (κ3) is 4.59. The van der Waals surface area contributed by atoms with Crippen LogP contribution in [-0.4, -0.2) is 39.9 Å². The zero-order chi connectivity index (χ0) is 22.6. The van der Waals surface area contributed by atoms with Crippen LogP contribution < -0.4 is 10.1 Å². The maximum Gasteiger partial charge on any atom is 0.326 e. The highest BCUT2D eigenvalue weighted by atomic mass is 16.5. The normalized spacial score (nSPS) is 22.7. The third-order valence-electron chi connectivity index (χ3n) is 6.29. The summed E-state index contributed by atoms with van der Waals surface area (Å²) in [6.07, 6.45) is 7.32. The summed E-state index contributed by atoms with van der Waals surface area (Å²) in [5.41, 5.74) is -0.205.